The van der Waals surface area contributed by atoms with Gasteiger partial charge in [0.2, 0.25) is 0 Å². The molecule has 0 bridgehead atoms. The van der Waals surface area contributed by atoms with Gasteiger partial charge in [0, 0.05) is 18.7 Å². The van der Waals surface area contributed by atoms with Crippen molar-refractivity contribution in [3.05, 3.63) is 16.2 Å². The monoisotopic (exact) mass is 319 g/mol. The first-order chi connectivity index (χ1) is 9.34. The van der Waals surface area contributed by atoms with Gasteiger partial charge in [-0.2, -0.15) is 4.31 Å². The fraction of sp³-hybridized carbons (Fsp3) is 0.636. The van der Waals surface area contributed by atoms with Crippen molar-refractivity contribution in [1.29, 1.82) is 0 Å². The maximum atomic E-state index is 12.6. The third-order valence-electron chi connectivity index (χ3n) is 3.47. The predicted octanol–water partition coefficient (Wildman–Crippen LogP) is 2.19. The SMILES string of the molecule is CC1CCCCCN1S(=O)(=O)c1cc([N+](=O)[O-])c(N)s1. The molecule has 7 nitrogen and oxygen atoms in total. The summed E-state index contributed by atoms with van der Waals surface area (Å²) in [5.41, 5.74) is 5.19. The zero-order valence-electron chi connectivity index (χ0n) is 11.1. The maximum absolute atomic E-state index is 12.6. The summed E-state index contributed by atoms with van der Waals surface area (Å²) in [6.45, 7) is 2.32. The van der Waals surface area contributed by atoms with E-state index in [-0.39, 0.29) is 20.9 Å². The van der Waals surface area contributed by atoms with Crippen LogP contribution in [-0.4, -0.2) is 30.2 Å². The topological polar surface area (TPSA) is 107 Å². The van der Waals surface area contributed by atoms with E-state index in [1.165, 1.54) is 4.31 Å². The Hall–Kier alpha value is -1.19. The molecule has 9 heteroatoms. The van der Waals surface area contributed by atoms with Gasteiger partial charge in [-0.25, -0.2) is 8.42 Å². The summed E-state index contributed by atoms with van der Waals surface area (Å²) in [4.78, 5) is 10.1. The van der Waals surface area contributed by atoms with Crippen molar-refractivity contribution in [3.63, 3.8) is 0 Å². The molecular formula is C11H17N3O4S2. The number of nitrogens with two attached hydrogens (primary N) is 1. The maximum Gasteiger partial charge on any atom is 0.304 e. The molecular weight excluding hydrogens is 302 g/mol. The van der Waals surface area contributed by atoms with Crippen LogP contribution in [0.1, 0.15) is 32.6 Å². The normalized spacial score (nSPS) is 21.6. The fourth-order valence-corrected chi connectivity index (χ4v) is 5.41. The molecule has 0 aromatic carbocycles. The number of thiophene rings is 1. The molecule has 1 saturated heterocycles. The van der Waals surface area contributed by atoms with Crippen molar-refractivity contribution in [2.75, 3.05) is 12.3 Å². The molecule has 1 aliphatic rings. The van der Waals surface area contributed by atoms with E-state index in [4.69, 9.17) is 5.73 Å². The zero-order valence-corrected chi connectivity index (χ0v) is 12.7. The Labute approximate surface area is 121 Å². The van der Waals surface area contributed by atoms with Crippen molar-refractivity contribution >= 4 is 32.0 Å². The zero-order chi connectivity index (χ0) is 14.9. The fourth-order valence-electron chi connectivity index (χ4n) is 2.36. The van der Waals surface area contributed by atoms with Gasteiger partial charge in [0.1, 0.15) is 4.21 Å². The van der Waals surface area contributed by atoms with E-state index >= 15 is 0 Å². The van der Waals surface area contributed by atoms with E-state index < -0.39 is 14.9 Å². The molecule has 2 heterocycles. The number of sulfonamides is 1. The third-order valence-corrected chi connectivity index (χ3v) is 6.89. The Balaban J connectivity index is 2.38. The quantitative estimate of drug-likeness (QED) is 0.679. The first kappa shape index (κ1) is 15.2. The van der Waals surface area contributed by atoms with Crippen LogP contribution in [-0.2, 0) is 10.0 Å². The van der Waals surface area contributed by atoms with Crippen molar-refractivity contribution in [2.24, 2.45) is 0 Å². The molecule has 0 amide bonds. The Morgan fingerprint density at radius 3 is 2.75 bits per heavy atom. The first-order valence-corrected chi connectivity index (χ1v) is 8.65. The van der Waals surface area contributed by atoms with Crippen LogP contribution in [0, 0.1) is 10.1 Å². The number of nitrogen functional groups attached to an aromatic ring is 1. The average molecular weight is 319 g/mol. The van der Waals surface area contributed by atoms with E-state index in [0.717, 1.165) is 43.1 Å². The summed E-state index contributed by atoms with van der Waals surface area (Å²) in [5, 5.41) is 10.7. The Kier molecular flexibility index (Phi) is 4.31. The van der Waals surface area contributed by atoms with Gasteiger partial charge in [0.15, 0.2) is 5.00 Å². The second-order valence-corrected chi connectivity index (χ2v) is 8.09. The van der Waals surface area contributed by atoms with Crippen LogP contribution in [0.15, 0.2) is 10.3 Å². The van der Waals surface area contributed by atoms with E-state index in [1.54, 1.807) is 0 Å². The van der Waals surface area contributed by atoms with Crippen LogP contribution in [0.2, 0.25) is 0 Å². The van der Waals surface area contributed by atoms with Crippen LogP contribution < -0.4 is 5.73 Å². The Bertz CT molecular complexity index is 611. The molecule has 1 unspecified atom stereocenters. The molecule has 2 rings (SSSR count). The largest absolute Gasteiger partial charge is 0.385 e. The molecule has 1 aromatic rings. The molecule has 1 atom stereocenters. The second-order valence-electron chi connectivity index (χ2n) is 4.89. The van der Waals surface area contributed by atoms with Crippen LogP contribution in [0.5, 0.6) is 0 Å². The lowest BCUT2D eigenvalue weighted by Gasteiger charge is -2.25. The lowest BCUT2D eigenvalue weighted by molar-refractivity contribution is -0.383. The molecule has 1 aliphatic heterocycles. The Morgan fingerprint density at radius 2 is 2.15 bits per heavy atom. The predicted molar refractivity (Wildman–Crippen MR) is 77.2 cm³/mol. The second kappa shape index (κ2) is 5.66. The van der Waals surface area contributed by atoms with Crippen LogP contribution >= 0.6 is 11.3 Å². The third kappa shape index (κ3) is 2.79. The molecule has 1 fully saturated rings. The molecule has 0 spiro atoms. The van der Waals surface area contributed by atoms with E-state index in [2.05, 4.69) is 0 Å². The average Bonchev–Trinajstić information content (AvgIpc) is 2.62. The highest BCUT2D eigenvalue weighted by atomic mass is 32.2. The van der Waals surface area contributed by atoms with E-state index in [9.17, 15) is 18.5 Å². The highest BCUT2D eigenvalue weighted by molar-refractivity contribution is 7.91. The summed E-state index contributed by atoms with van der Waals surface area (Å²) in [6, 6.07) is 0.970. The van der Waals surface area contributed by atoms with Crippen LogP contribution in [0.3, 0.4) is 0 Å². The minimum atomic E-state index is -3.70. The number of rotatable bonds is 3. The number of nitro groups is 1. The lowest BCUT2D eigenvalue weighted by Crippen LogP contribution is -2.37. The molecule has 20 heavy (non-hydrogen) atoms. The first-order valence-electron chi connectivity index (χ1n) is 6.39. The number of hydrogen-bond donors (Lipinski definition) is 1. The van der Waals surface area contributed by atoms with Crippen LogP contribution in [0.25, 0.3) is 0 Å². The van der Waals surface area contributed by atoms with Gasteiger partial charge in [-0.15, -0.1) is 0 Å². The molecule has 2 N–H and O–H groups in total. The summed E-state index contributed by atoms with van der Waals surface area (Å²) in [6.07, 6.45) is 3.62. The van der Waals surface area contributed by atoms with Gasteiger partial charge in [-0.3, -0.25) is 10.1 Å². The molecule has 112 valence electrons. The summed E-state index contributed by atoms with van der Waals surface area (Å²) >= 11 is 0.759. The highest BCUT2D eigenvalue weighted by Gasteiger charge is 2.33. The Morgan fingerprint density at radius 1 is 1.45 bits per heavy atom. The van der Waals surface area contributed by atoms with Crippen molar-refractivity contribution in [3.8, 4) is 0 Å². The summed E-state index contributed by atoms with van der Waals surface area (Å²) in [7, 11) is -3.70. The number of nitrogens with zero attached hydrogens (tertiary/aromatic N) is 2. The van der Waals surface area contributed by atoms with Gasteiger partial charge in [0.25, 0.3) is 10.0 Å². The number of anilines is 1. The van der Waals surface area contributed by atoms with Gasteiger partial charge >= 0.3 is 5.69 Å². The van der Waals surface area contributed by atoms with Gasteiger partial charge in [-0.1, -0.05) is 24.2 Å². The van der Waals surface area contributed by atoms with Gasteiger partial charge in [0.05, 0.1) is 4.92 Å². The smallest absolute Gasteiger partial charge is 0.304 e. The minimum Gasteiger partial charge on any atom is -0.385 e. The highest BCUT2D eigenvalue weighted by Crippen LogP contribution is 2.37. The van der Waals surface area contributed by atoms with Crippen molar-refractivity contribution in [2.45, 2.75) is 42.9 Å². The molecule has 1 aromatic heterocycles. The standard InChI is InChI=1S/C11H17N3O4S2/c1-8-5-3-2-4-6-13(8)20(17,18)10-7-9(14(15)16)11(12)19-10/h7-8H,2-6,12H2,1H3. The number of hydrogen-bond acceptors (Lipinski definition) is 6. The van der Waals surface area contributed by atoms with E-state index in [1.807, 2.05) is 6.92 Å². The summed E-state index contributed by atoms with van der Waals surface area (Å²) < 4.78 is 26.6. The van der Waals surface area contributed by atoms with Gasteiger partial charge < -0.3 is 5.73 Å². The molecule has 0 radical (unpaired) electrons. The van der Waals surface area contributed by atoms with Crippen molar-refractivity contribution < 1.29 is 13.3 Å². The summed E-state index contributed by atoms with van der Waals surface area (Å²) in [5.74, 6) is 0. The van der Waals surface area contributed by atoms with E-state index in [0.29, 0.717) is 6.54 Å². The van der Waals surface area contributed by atoms with Crippen LogP contribution in [0.4, 0.5) is 10.7 Å². The molecule has 0 saturated carbocycles. The van der Waals surface area contributed by atoms with Gasteiger partial charge in [-0.05, 0) is 19.8 Å². The minimum absolute atomic E-state index is 0.0459. The lowest BCUT2D eigenvalue weighted by atomic mass is 10.1. The van der Waals surface area contributed by atoms with Crippen molar-refractivity contribution in [1.82, 2.24) is 4.31 Å². The molecule has 0 aliphatic carbocycles.